The Bertz CT molecular complexity index is 1060. The molecular weight excluding hydrogens is 422 g/mol. The zero-order chi connectivity index (χ0) is 22.6. The van der Waals surface area contributed by atoms with Gasteiger partial charge in [0.05, 0.1) is 47.3 Å². The first-order valence-corrected chi connectivity index (χ1v) is 11.2. The molecule has 0 aliphatic carbocycles. The van der Waals surface area contributed by atoms with Gasteiger partial charge >= 0.3 is 11.9 Å². The van der Waals surface area contributed by atoms with Crippen molar-refractivity contribution in [2.45, 2.75) is 24.2 Å². The normalized spacial score (nSPS) is 14.1. The van der Waals surface area contributed by atoms with E-state index in [2.05, 4.69) is 19.1 Å². The molecule has 0 bridgehead atoms. The Morgan fingerprint density at radius 1 is 0.935 bits per heavy atom. The summed E-state index contributed by atoms with van der Waals surface area (Å²) in [6.07, 6.45) is 3.31. The van der Waals surface area contributed by atoms with Crippen molar-refractivity contribution in [3.63, 3.8) is 0 Å². The minimum absolute atomic E-state index is 0.00283. The number of nitrogens with zero attached hydrogens (tertiary/aromatic N) is 1. The van der Waals surface area contributed by atoms with Crippen molar-refractivity contribution < 1.29 is 27.5 Å². The lowest BCUT2D eigenvalue weighted by molar-refractivity contribution is 0.0599. The van der Waals surface area contributed by atoms with Crippen LogP contribution in [0.25, 0.3) is 0 Å². The second-order valence-electron chi connectivity index (χ2n) is 7.16. The molecule has 1 heterocycles. The third kappa shape index (κ3) is 5.08. The molecule has 1 saturated heterocycles. The van der Waals surface area contributed by atoms with E-state index in [-0.39, 0.29) is 21.7 Å². The smallest absolute Gasteiger partial charge is 0.337 e. The molecule has 0 atom stereocenters. The topological polar surface area (TPSA) is 128 Å². The van der Waals surface area contributed by atoms with Crippen molar-refractivity contribution in [2.75, 3.05) is 42.7 Å². The lowest BCUT2D eigenvalue weighted by Gasteiger charge is -2.30. The summed E-state index contributed by atoms with van der Waals surface area (Å²) in [7, 11) is -1.67. The summed E-state index contributed by atoms with van der Waals surface area (Å²) in [6, 6.07) is 8.40. The highest BCUT2D eigenvalue weighted by atomic mass is 32.2. The third-order valence-electron chi connectivity index (χ3n) is 5.03. The number of methoxy groups -OCH3 is 2. The van der Waals surface area contributed by atoms with Crippen molar-refractivity contribution in [1.29, 1.82) is 0 Å². The molecule has 10 heteroatoms. The van der Waals surface area contributed by atoms with Crippen molar-refractivity contribution >= 4 is 39.0 Å². The second-order valence-corrected chi connectivity index (χ2v) is 8.84. The predicted molar refractivity (Wildman–Crippen MR) is 117 cm³/mol. The van der Waals surface area contributed by atoms with Crippen LogP contribution in [-0.4, -0.2) is 47.7 Å². The number of hydrogen-bond donors (Lipinski definition) is 2. The molecular formula is C21H25N3O6S. The molecule has 3 rings (SSSR count). The number of ether oxygens (including phenoxy) is 2. The molecule has 1 aliphatic rings. The second kappa shape index (κ2) is 9.25. The number of rotatable bonds is 6. The number of carbonyl (C=O) groups excluding carboxylic acids is 2. The van der Waals surface area contributed by atoms with Crippen LogP contribution in [0.1, 0.15) is 40.0 Å². The number of benzene rings is 2. The van der Waals surface area contributed by atoms with Gasteiger partial charge in [0, 0.05) is 13.1 Å². The number of carbonyl (C=O) groups is 2. The van der Waals surface area contributed by atoms with E-state index in [4.69, 9.17) is 5.73 Å². The highest BCUT2D eigenvalue weighted by Crippen LogP contribution is 2.29. The van der Waals surface area contributed by atoms with Crippen molar-refractivity contribution in [3.8, 4) is 0 Å². The average molecular weight is 448 g/mol. The fraction of sp³-hybridized carbons (Fsp3) is 0.333. The van der Waals surface area contributed by atoms with Gasteiger partial charge < -0.3 is 20.1 Å². The number of anilines is 3. The monoisotopic (exact) mass is 447 g/mol. The van der Waals surface area contributed by atoms with Crippen molar-refractivity contribution in [1.82, 2.24) is 0 Å². The van der Waals surface area contributed by atoms with E-state index in [1.54, 1.807) is 6.07 Å². The minimum Gasteiger partial charge on any atom is -0.465 e. The molecule has 166 valence electrons. The summed E-state index contributed by atoms with van der Waals surface area (Å²) in [5.74, 6) is -1.44. The van der Waals surface area contributed by atoms with E-state index in [0.717, 1.165) is 31.6 Å². The van der Waals surface area contributed by atoms with Gasteiger partial charge in [0.25, 0.3) is 10.0 Å². The molecule has 2 aromatic carbocycles. The molecule has 0 amide bonds. The van der Waals surface area contributed by atoms with Crippen LogP contribution in [0, 0.1) is 0 Å². The van der Waals surface area contributed by atoms with Gasteiger partial charge in [0.1, 0.15) is 0 Å². The minimum atomic E-state index is -4.03. The van der Waals surface area contributed by atoms with E-state index in [0.29, 0.717) is 5.69 Å². The number of hydrogen-bond acceptors (Lipinski definition) is 8. The maximum Gasteiger partial charge on any atom is 0.337 e. The summed E-state index contributed by atoms with van der Waals surface area (Å²) in [5, 5.41) is 0. The molecule has 0 saturated carbocycles. The Balaban J connectivity index is 1.91. The first-order chi connectivity index (χ1) is 14.7. The number of esters is 2. The van der Waals surface area contributed by atoms with Crippen LogP contribution >= 0.6 is 0 Å². The van der Waals surface area contributed by atoms with Crippen LogP contribution in [0.15, 0.2) is 41.3 Å². The molecule has 2 aromatic rings. The molecule has 3 N–H and O–H groups in total. The van der Waals surface area contributed by atoms with Gasteiger partial charge in [0.15, 0.2) is 0 Å². The first kappa shape index (κ1) is 22.4. The average Bonchev–Trinajstić information content (AvgIpc) is 2.77. The number of piperidine rings is 1. The Morgan fingerprint density at radius 2 is 1.52 bits per heavy atom. The summed E-state index contributed by atoms with van der Waals surface area (Å²) >= 11 is 0. The third-order valence-corrected chi connectivity index (χ3v) is 6.41. The summed E-state index contributed by atoms with van der Waals surface area (Å²) < 4.78 is 37.6. The zero-order valence-electron chi connectivity index (χ0n) is 17.4. The molecule has 0 aromatic heterocycles. The number of sulfonamides is 1. The maximum absolute atomic E-state index is 12.9. The van der Waals surface area contributed by atoms with E-state index < -0.39 is 22.0 Å². The first-order valence-electron chi connectivity index (χ1n) is 9.74. The van der Waals surface area contributed by atoms with Crippen molar-refractivity contribution in [3.05, 3.63) is 47.5 Å². The zero-order valence-corrected chi connectivity index (χ0v) is 18.2. The predicted octanol–water partition coefficient (Wildman–Crippen LogP) is 2.63. The molecule has 31 heavy (non-hydrogen) atoms. The summed E-state index contributed by atoms with van der Waals surface area (Å²) in [5.41, 5.74) is 7.34. The summed E-state index contributed by atoms with van der Waals surface area (Å²) in [4.78, 5) is 26.0. The quantitative estimate of drug-likeness (QED) is 0.511. The van der Waals surface area contributed by atoms with Crippen molar-refractivity contribution in [2.24, 2.45) is 0 Å². The van der Waals surface area contributed by atoms with Crippen LogP contribution < -0.4 is 15.4 Å². The molecule has 1 aliphatic heterocycles. The molecule has 0 spiro atoms. The lowest BCUT2D eigenvalue weighted by atomic mass is 10.1. The van der Waals surface area contributed by atoms with Gasteiger partial charge in [-0.15, -0.1) is 0 Å². The molecule has 1 fully saturated rings. The van der Waals surface area contributed by atoms with Gasteiger partial charge in [-0.1, -0.05) is 0 Å². The van der Waals surface area contributed by atoms with Gasteiger partial charge in [0.2, 0.25) is 0 Å². The number of nitrogen functional groups attached to an aromatic ring is 1. The van der Waals surface area contributed by atoms with Gasteiger partial charge in [-0.25, -0.2) is 18.0 Å². The van der Waals surface area contributed by atoms with Crippen LogP contribution in [0.2, 0.25) is 0 Å². The Hall–Kier alpha value is -3.27. The Kier molecular flexibility index (Phi) is 6.69. The highest BCUT2D eigenvalue weighted by molar-refractivity contribution is 7.92. The Labute approximate surface area is 181 Å². The van der Waals surface area contributed by atoms with Crippen LogP contribution in [0.3, 0.4) is 0 Å². The van der Waals surface area contributed by atoms with Gasteiger partial charge in [-0.3, -0.25) is 4.72 Å². The van der Waals surface area contributed by atoms with E-state index in [1.807, 2.05) is 0 Å². The SMILES string of the molecule is COC(=O)c1cc(NS(=O)(=O)c2ccc(N3CCCCC3)c(N)c2)cc(C(=O)OC)c1. The van der Waals surface area contributed by atoms with Gasteiger partial charge in [-0.05, 0) is 55.7 Å². The van der Waals surface area contributed by atoms with Crippen LogP contribution in [-0.2, 0) is 19.5 Å². The number of nitrogens with two attached hydrogens (primary N) is 1. The fourth-order valence-electron chi connectivity index (χ4n) is 3.49. The van der Waals surface area contributed by atoms with Gasteiger partial charge in [-0.2, -0.15) is 0 Å². The summed E-state index contributed by atoms with van der Waals surface area (Å²) in [6.45, 7) is 1.76. The Morgan fingerprint density at radius 3 is 2.03 bits per heavy atom. The highest BCUT2D eigenvalue weighted by Gasteiger charge is 2.21. The fourth-order valence-corrected chi connectivity index (χ4v) is 4.57. The van der Waals surface area contributed by atoms with E-state index >= 15 is 0 Å². The largest absolute Gasteiger partial charge is 0.465 e. The van der Waals surface area contributed by atoms with Crippen LogP contribution in [0.5, 0.6) is 0 Å². The molecule has 0 radical (unpaired) electrons. The van der Waals surface area contributed by atoms with E-state index in [1.165, 1.54) is 51.0 Å². The lowest BCUT2D eigenvalue weighted by Crippen LogP contribution is -2.30. The number of nitrogens with one attached hydrogen (secondary N) is 1. The molecule has 0 unspecified atom stereocenters. The maximum atomic E-state index is 12.9. The van der Waals surface area contributed by atoms with E-state index in [9.17, 15) is 18.0 Å². The van der Waals surface area contributed by atoms with Crippen LogP contribution in [0.4, 0.5) is 17.1 Å². The molecule has 9 nitrogen and oxygen atoms in total. The standard InChI is InChI=1S/C21H25N3O6S/c1-29-20(25)14-10-15(21(26)30-2)12-16(11-14)23-31(27,28)17-6-7-19(18(22)13-17)24-8-4-3-5-9-24/h6-7,10-13,23H,3-5,8-9,22H2,1-2H3.